The Morgan fingerprint density at radius 2 is 2.08 bits per heavy atom. The van der Waals surface area contributed by atoms with Crippen LogP contribution in [0.25, 0.3) is 0 Å². The van der Waals surface area contributed by atoms with Gasteiger partial charge in [0, 0.05) is 31.4 Å². The van der Waals surface area contributed by atoms with Crippen LogP contribution in [-0.4, -0.2) is 34.3 Å². The number of imidazole rings is 1. The lowest BCUT2D eigenvalue weighted by Crippen LogP contribution is -2.28. The molecule has 7 nitrogen and oxygen atoms in total. The monoisotopic (exact) mass is 363 g/mol. The van der Waals surface area contributed by atoms with Crippen molar-refractivity contribution in [2.75, 3.05) is 6.54 Å². The molecule has 3 rings (SSSR count). The molecule has 1 aliphatic rings. The first-order valence-corrected chi connectivity index (χ1v) is 8.78. The van der Waals surface area contributed by atoms with Gasteiger partial charge >= 0.3 is 6.18 Å². The lowest BCUT2D eigenvalue weighted by Gasteiger charge is -2.08. The van der Waals surface area contributed by atoms with E-state index in [-0.39, 0.29) is 24.0 Å². The van der Waals surface area contributed by atoms with E-state index < -0.39 is 21.9 Å². The predicted octanol–water partition coefficient (Wildman–Crippen LogP) is 1.49. The van der Waals surface area contributed by atoms with E-state index in [1.807, 2.05) is 0 Å². The summed E-state index contributed by atoms with van der Waals surface area (Å²) in [4.78, 5) is 3.75. The Morgan fingerprint density at radius 1 is 1.38 bits per heavy atom. The second-order valence-corrected chi connectivity index (χ2v) is 7.44. The van der Waals surface area contributed by atoms with Gasteiger partial charge in [-0.3, -0.25) is 4.68 Å². The van der Waals surface area contributed by atoms with Gasteiger partial charge in [-0.05, 0) is 18.9 Å². The Bertz CT molecular complexity index is 836. The molecule has 0 unspecified atom stereocenters. The van der Waals surface area contributed by atoms with Crippen LogP contribution in [0.15, 0.2) is 23.6 Å². The summed E-state index contributed by atoms with van der Waals surface area (Å²) in [5, 5.41) is 3.44. The van der Waals surface area contributed by atoms with Crippen molar-refractivity contribution in [3.05, 3.63) is 30.0 Å². The number of aromatic nitrogens is 4. The molecule has 1 N–H and O–H groups in total. The molecule has 0 saturated heterocycles. The van der Waals surface area contributed by atoms with Crippen molar-refractivity contribution in [3.63, 3.8) is 0 Å². The highest BCUT2D eigenvalue weighted by molar-refractivity contribution is 7.89. The van der Waals surface area contributed by atoms with Crippen LogP contribution in [-0.2, 0) is 29.8 Å². The summed E-state index contributed by atoms with van der Waals surface area (Å²) < 4.78 is 67.5. The Kier molecular flexibility index (Phi) is 4.16. The number of sulfonamides is 1. The average molecular weight is 363 g/mol. The molecule has 1 fully saturated rings. The van der Waals surface area contributed by atoms with Crippen LogP contribution in [0.2, 0.25) is 0 Å². The minimum Gasteiger partial charge on any atom is -0.339 e. The van der Waals surface area contributed by atoms with E-state index in [0.717, 1.165) is 18.9 Å². The molecule has 1 aliphatic carbocycles. The molecule has 0 bridgehead atoms. The highest BCUT2D eigenvalue weighted by Gasteiger charge is 2.37. The van der Waals surface area contributed by atoms with Gasteiger partial charge in [-0.25, -0.2) is 18.1 Å². The fourth-order valence-electron chi connectivity index (χ4n) is 2.34. The van der Waals surface area contributed by atoms with Crippen molar-refractivity contribution in [2.45, 2.75) is 36.5 Å². The quantitative estimate of drug-likeness (QED) is 0.843. The van der Waals surface area contributed by atoms with Crippen LogP contribution < -0.4 is 4.72 Å². The van der Waals surface area contributed by atoms with Crippen LogP contribution in [0.5, 0.6) is 0 Å². The van der Waals surface area contributed by atoms with E-state index >= 15 is 0 Å². The fraction of sp³-hybridized carbons (Fsp3) is 0.538. The number of nitrogens with one attached hydrogen (secondary N) is 1. The maximum absolute atomic E-state index is 12.8. The highest BCUT2D eigenvalue weighted by atomic mass is 32.2. The molecular formula is C13H16F3N5O2S. The van der Waals surface area contributed by atoms with Gasteiger partial charge in [0.15, 0.2) is 10.7 Å². The Balaban J connectivity index is 1.69. The fourth-order valence-corrected chi connectivity index (χ4v) is 3.34. The molecule has 132 valence electrons. The molecule has 24 heavy (non-hydrogen) atoms. The number of hydrogen-bond donors (Lipinski definition) is 1. The molecule has 0 aliphatic heterocycles. The third kappa shape index (κ3) is 3.61. The summed E-state index contributed by atoms with van der Waals surface area (Å²) >= 11 is 0. The summed E-state index contributed by atoms with van der Waals surface area (Å²) in [5.74, 6) is 0.0704. The summed E-state index contributed by atoms with van der Waals surface area (Å²) in [6.45, 7) is -0.0500. The van der Waals surface area contributed by atoms with Crippen LogP contribution in [0.1, 0.15) is 30.1 Å². The molecular weight excluding hydrogens is 347 g/mol. The third-order valence-electron chi connectivity index (χ3n) is 3.67. The summed E-state index contributed by atoms with van der Waals surface area (Å²) in [5.41, 5.74) is -0.448. The predicted molar refractivity (Wildman–Crippen MR) is 77.6 cm³/mol. The van der Waals surface area contributed by atoms with Crippen LogP contribution in [0.3, 0.4) is 0 Å². The zero-order chi connectivity index (χ0) is 17.5. The summed E-state index contributed by atoms with van der Waals surface area (Å²) in [6, 6.07) is 1.05. The molecule has 2 heterocycles. The highest BCUT2D eigenvalue weighted by Crippen LogP contribution is 2.42. The van der Waals surface area contributed by atoms with Crippen LogP contribution >= 0.6 is 0 Å². The van der Waals surface area contributed by atoms with Crippen molar-refractivity contribution in [1.29, 1.82) is 0 Å². The minimum atomic E-state index is -4.51. The Morgan fingerprint density at radius 3 is 2.62 bits per heavy atom. The Labute approximate surface area is 136 Å². The van der Waals surface area contributed by atoms with E-state index in [9.17, 15) is 21.6 Å². The number of halogens is 3. The van der Waals surface area contributed by atoms with Gasteiger partial charge in [0.1, 0.15) is 0 Å². The third-order valence-corrected chi connectivity index (χ3v) is 5.02. The molecule has 0 aromatic carbocycles. The van der Waals surface area contributed by atoms with E-state index in [1.54, 1.807) is 7.05 Å². The SMILES string of the molecule is Cn1cnc(S(=O)(=O)NCCn2nc(C(F)(F)F)cc2C2CC2)c1. The molecule has 2 aromatic heterocycles. The summed E-state index contributed by atoms with van der Waals surface area (Å²) in [7, 11) is -2.16. The normalized spacial score (nSPS) is 15.8. The maximum Gasteiger partial charge on any atom is 0.435 e. The van der Waals surface area contributed by atoms with Crippen molar-refractivity contribution < 1.29 is 21.6 Å². The molecule has 0 spiro atoms. The minimum absolute atomic E-state index is 0.0218. The van der Waals surface area contributed by atoms with E-state index in [2.05, 4.69) is 14.8 Å². The Hall–Kier alpha value is -1.88. The smallest absolute Gasteiger partial charge is 0.339 e. The molecule has 0 amide bonds. The van der Waals surface area contributed by atoms with Gasteiger partial charge in [0.05, 0.1) is 12.9 Å². The van der Waals surface area contributed by atoms with Gasteiger partial charge in [0.2, 0.25) is 0 Å². The van der Waals surface area contributed by atoms with Gasteiger partial charge in [-0.2, -0.15) is 18.3 Å². The van der Waals surface area contributed by atoms with Crippen molar-refractivity contribution in [2.24, 2.45) is 7.05 Å². The second kappa shape index (κ2) is 5.88. The standard InChI is InChI=1S/C13H16F3N5O2S/c1-20-7-12(17-8-20)24(22,23)18-4-5-21-10(9-2-3-9)6-11(19-21)13(14,15)16/h6-9,18H,2-5H2,1H3. The van der Waals surface area contributed by atoms with Gasteiger partial charge < -0.3 is 4.57 Å². The number of rotatable bonds is 6. The molecule has 2 aromatic rings. The van der Waals surface area contributed by atoms with Crippen LogP contribution in [0.4, 0.5) is 13.2 Å². The zero-order valence-corrected chi connectivity index (χ0v) is 13.6. The lowest BCUT2D eigenvalue weighted by molar-refractivity contribution is -0.141. The maximum atomic E-state index is 12.8. The number of alkyl halides is 3. The topological polar surface area (TPSA) is 81.8 Å². The van der Waals surface area contributed by atoms with E-state index in [4.69, 9.17) is 0 Å². The van der Waals surface area contributed by atoms with Crippen molar-refractivity contribution >= 4 is 10.0 Å². The first-order valence-electron chi connectivity index (χ1n) is 7.29. The molecule has 1 saturated carbocycles. The first kappa shape index (κ1) is 17.0. The summed E-state index contributed by atoms with van der Waals surface area (Å²) in [6.07, 6.45) is -0.176. The molecule has 0 atom stereocenters. The van der Waals surface area contributed by atoms with Gasteiger partial charge in [-0.1, -0.05) is 0 Å². The number of aryl methyl sites for hydroxylation is 1. The molecule has 11 heteroatoms. The zero-order valence-electron chi connectivity index (χ0n) is 12.8. The van der Waals surface area contributed by atoms with Crippen LogP contribution in [0, 0.1) is 0 Å². The molecule has 0 radical (unpaired) electrons. The first-order chi connectivity index (χ1) is 11.2. The van der Waals surface area contributed by atoms with E-state index in [0.29, 0.717) is 5.69 Å². The van der Waals surface area contributed by atoms with Crippen molar-refractivity contribution in [3.8, 4) is 0 Å². The largest absolute Gasteiger partial charge is 0.435 e. The second-order valence-electron chi connectivity index (χ2n) is 5.72. The van der Waals surface area contributed by atoms with E-state index in [1.165, 1.54) is 21.8 Å². The number of nitrogens with zero attached hydrogens (tertiary/aromatic N) is 4. The van der Waals surface area contributed by atoms with Crippen molar-refractivity contribution in [1.82, 2.24) is 24.1 Å². The van der Waals surface area contributed by atoms with Gasteiger partial charge in [0.25, 0.3) is 10.0 Å². The lowest BCUT2D eigenvalue weighted by atomic mass is 10.2. The number of hydrogen-bond acceptors (Lipinski definition) is 4. The van der Waals surface area contributed by atoms with Gasteiger partial charge in [-0.15, -0.1) is 0 Å². The average Bonchev–Trinajstić information content (AvgIpc) is 3.05.